The monoisotopic (exact) mass is 211 g/mol. The molecule has 0 fully saturated rings. The van der Waals surface area contributed by atoms with Crippen molar-refractivity contribution in [3.8, 4) is 0 Å². The van der Waals surface area contributed by atoms with Gasteiger partial charge in [-0.3, -0.25) is 10.1 Å². The van der Waals surface area contributed by atoms with Crippen LogP contribution in [0.1, 0.15) is 5.56 Å². The van der Waals surface area contributed by atoms with Gasteiger partial charge in [-0.15, -0.1) is 0 Å². The average Bonchev–Trinajstić information content (AvgIpc) is 2.43. The number of halogens is 1. The van der Waals surface area contributed by atoms with E-state index in [0.717, 1.165) is 16.7 Å². The molecule has 0 atom stereocenters. The highest BCUT2D eigenvalue weighted by Crippen LogP contribution is 2.36. The van der Waals surface area contributed by atoms with Gasteiger partial charge in [-0.2, -0.15) is 0 Å². The van der Waals surface area contributed by atoms with Gasteiger partial charge in [0.25, 0.3) is 0 Å². The lowest BCUT2D eigenvalue weighted by atomic mass is 10.2. The Kier molecular flexibility index (Phi) is 1.96. The molecule has 0 unspecified atom stereocenters. The lowest BCUT2D eigenvalue weighted by Gasteiger charge is -1.89. The molecular formula is C9H6FNO2S. The van der Waals surface area contributed by atoms with Crippen molar-refractivity contribution in [2.24, 2.45) is 0 Å². The fourth-order valence-corrected chi connectivity index (χ4v) is 2.41. The molecule has 0 aliphatic rings. The zero-order valence-electron chi connectivity index (χ0n) is 7.28. The van der Waals surface area contributed by atoms with Gasteiger partial charge in [0, 0.05) is 15.6 Å². The van der Waals surface area contributed by atoms with Crippen LogP contribution in [0.5, 0.6) is 0 Å². The molecule has 0 bridgehead atoms. The van der Waals surface area contributed by atoms with Gasteiger partial charge in [0.15, 0.2) is 0 Å². The molecule has 2 rings (SSSR count). The molecule has 72 valence electrons. The molecule has 1 heterocycles. The predicted octanol–water partition coefficient (Wildman–Crippen LogP) is 3.26. The molecule has 3 nitrogen and oxygen atoms in total. The number of rotatable bonds is 1. The number of hydrogen-bond acceptors (Lipinski definition) is 3. The number of aryl methyl sites for hydroxylation is 1. The number of fused-ring (bicyclic) bond motifs is 1. The van der Waals surface area contributed by atoms with E-state index < -0.39 is 4.92 Å². The molecule has 0 N–H and O–H groups in total. The van der Waals surface area contributed by atoms with Crippen molar-refractivity contribution in [1.29, 1.82) is 0 Å². The van der Waals surface area contributed by atoms with Crippen molar-refractivity contribution in [1.82, 2.24) is 0 Å². The van der Waals surface area contributed by atoms with Crippen LogP contribution in [0.4, 0.5) is 9.39 Å². The molecule has 1 aromatic carbocycles. The van der Waals surface area contributed by atoms with E-state index in [9.17, 15) is 14.5 Å². The Balaban J connectivity index is 2.79. The first kappa shape index (κ1) is 9.08. The molecule has 2 aromatic rings. The molecule has 0 aliphatic carbocycles. The van der Waals surface area contributed by atoms with E-state index in [4.69, 9.17) is 0 Å². The van der Waals surface area contributed by atoms with Gasteiger partial charge in [0.2, 0.25) is 0 Å². The number of nitrogens with zero attached hydrogens (tertiary/aromatic N) is 1. The fraction of sp³-hybridized carbons (Fsp3) is 0.111. The molecule has 5 heteroatoms. The van der Waals surface area contributed by atoms with Crippen molar-refractivity contribution in [3.05, 3.63) is 39.7 Å². The fourth-order valence-electron chi connectivity index (χ4n) is 1.36. The van der Waals surface area contributed by atoms with Gasteiger partial charge < -0.3 is 0 Å². The highest BCUT2D eigenvalue weighted by molar-refractivity contribution is 7.22. The number of hydrogen-bond donors (Lipinski definition) is 0. The van der Waals surface area contributed by atoms with Gasteiger partial charge in [0.05, 0.1) is 4.92 Å². The normalized spacial score (nSPS) is 10.7. The van der Waals surface area contributed by atoms with E-state index in [1.807, 2.05) is 0 Å². The Morgan fingerprint density at radius 1 is 1.50 bits per heavy atom. The maximum atomic E-state index is 12.8. The molecule has 0 amide bonds. The quantitative estimate of drug-likeness (QED) is 0.536. The van der Waals surface area contributed by atoms with Crippen LogP contribution in [0.25, 0.3) is 10.1 Å². The molecule has 0 saturated carbocycles. The van der Waals surface area contributed by atoms with E-state index in [-0.39, 0.29) is 10.8 Å². The summed E-state index contributed by atoms with van der Waals surface area (Å²) in [5.74, 6) is -0.367. The summed E-state index contributed by atoms with van der Waals surface area (Å²) in [5.41, 5.74) is 0.606. The van der Waals surface area contributed by atoms with Crippen LogP contribution in [0, 0.1) is 22.9 Å². The van der Waals surface area contributed by atoms with E-state index in [1.54, 1.807) is 13.0 Å². The van der Waals surface area contributed by atoms with Crippen molar-refractivity contribution < 1.29 is 9.31 Å². The first-order valence-electron chi connectivity index (χ1n) is 3.92. The zero-order chi connectivity index (χ0) is 10.3. The molecule has 0 spiro atoms. The first-order valence-corrected chi connectivity index (χ1v) is 4.74. The van der Waals surface area contributed by atoms with Gasteiger partial charge in [-0.1, -0.05) is 17.4 Å². The third-order valence-electron chi connectivity index (χ3n) is 2.04. The van der Waals surface area contributed by atoms with Crippen molar-refractivity contribution >= 4 is 26.4 Å². The number of thiophene rings is 1. The topological polar surface area (TPSA) is 43.1 Å². The first-order chi connectivity index (χ1) is 6.59. The third-order valence-corrected chi connectivity index (χ3v) is 3.25. The molecular weight excluding hydrogens is 205 g/mol. The molecule has 0 saturated heterocycles. The van der Waals surface area contributed by atoms with E-state index in [1.165, 1.54) is 12.1 Å². The van der Waals surface area contributed by atoms with Gasteiger partial charge in [0.1, 0.15) is 5.82 Å². The van der Waals surface area contributed by atoms with Crippen LogP contribution in [-0.4, -0.2) is 4.92 Å². The van der Waals surface area contributed by atoms with Crippen LogP contribution in [-0.2, 0) is 0 Å². The Morgan fingerprint density at radius 3 is 2.86 bits per heavy atom. The summed E-state index contributed by atoms with van der Waals surface area (Å²) in [6.07, 6.45) is 0. The molecule has 1 aromatic heterocycles. The van der Waals surface area contributed by atoms with Crippen LogP contribution in [0.2, 0.25) is 0 Å². The van der Waals surface area contributed by atoms with E-state index >= 15 is 0 Å². The minimum absolute atomic E-state index is 0.0885. The van der Waals surface area contributed by atoms with Gasteiger partial charge >= 0.3 is 5.00 Å². The van der Waals surface area contributed by atoms with Gasteiger partial charge in [-0.05, 0) is 19.1 Å². The lowest BCUT2D eigenvalue weighted by Crippen LogP contribution is -1.84. The molecule has 0 radical (unpaired) electrons. The number of benzene rings is 1. The summed E-state index contributed by atoms with van der Waals surface area (Å²) in [4.78, 5) is 10.2. The maximum absolute atomic E-state index is 12.8. The smallest absolute Gasteiger partial charge is 0.258 e. The summed E-state index contributed by atoms with van der Waals surface area (Å²) in [7, 11) is 0. The third kappa shape index (κ3) is 1.26. The minimum Gasteiger partial charge on any atom is -0.258 e. The predicted molar refractivity (Wildman–Crippen MR) is 53.2 cm³/mol. The van der Waals surface area contributed by atoms with E-state index in [0.29, 0.717) is 10.3 Å². The zero-order valence-corrected chi connectivity index (χ0v) is 8.10. The highest BCUT2D eigenvalue weighted by atomic mass is 32.1. The summed E-state index contributed by atoms with van der Waals surface area (Å²) < 4.78 is 13.4. The van der Waals surface area contributed by atoms with Crippen LogP contribution >= 0.6 is 11.3 Å². The van der Waals surface area contributed by atoms with Crippen LogP contribution < -0.4 is 0 Å². The lowest BCUT2D eigenvalue weighted by molar-refractivity contribution is -0.380. The summed E-state index contributed by atoms with van der Waals surface area (Å²) in [6, 6.07) is 4.20. The standard InChI is InChI=1S/C9H6FNO2S/c1-5-7-3-2-6(10)4-8(7)14-9(5)11(12)13/h2-4H,1H3. The van der Waals surface area contributed by atoms with Crippen molar-refractivity contribution in [2.45, 2.75) is 6.92 Å². The number of nitro groups is 1. The second-order valence-corrected chi connectivity index (χ2v) is 3.96. The Morgan fingerprint density at radius 2 is 2.21 bits per heavy atom. The molecule has 14 heavy (non-hydrogen) atoms. The molecule has 0 aliphatic heterocycles. The summed E-state index contributed by atoms with van der Waals surface area (Å²) in [5, 5.41) is 11.4. The largest absolute Gasteiger partial charge is 0.328 e. The van der Waals surface area contributed by atoms with E-state index in [2.05, 4.69) is 0 Å². The Labute approximate surface area is 82.9 Å². The minimum atomic E-state index is -0.433. The second kappa shape index (κ2) is 3.02. The summed E-state index contributed by atoms with van der Waals surface area (Å²) in [6.45, 7) is 1.68. The van der Waals surface area contributed by atoms with Crippen LogP contribution in [0.15, 0.2) is 18.2 Å². The second-order valence-electron chi connectivity index (χ2n) is 2.93. The van der Waals surface area contributed by atoms with Crippen molar-refractivity contribution in [3.63, 3.8) is 0 Å². The Bertz CT molecular complexity index is 521. The van der Waals surface area contributed by atoms with Crippen molar-refractivity contribution in [2.75, 3.05) is 0 Å². The van der Waals surface area contributed by atoms with Gasteiger partial charge in [-0.25, -0.2) is 4.39 Å². The van der Waals surface area contributed by atoms with Crippen LogP contribution in [0.3, 0.4) is 0 Å². The summed E-state index contributed by atoms with van der Waals surface area (Å²) >= 11 is 1.01. The Hall–Kier alpha value is -1.49. The SMILES string of the molecule is Cc1c([N+](=O)[O-])sc2cc(F)ccc12. The maximum Gasteiger partial charge on any atom is 0.328 e. The average molecular weight is 211 g/mol. The highest BCUT2D eigenvalue weighted by Gasteiger charge is 2.17.